The summed E-state index contributed by atoms with van der Waals surface area (Å²) in [4.78, 5) is 10.1. The molecule has 0 saturated heterocycles. The Bertz CT molecular complexity index is 184. The van der Waals surface area contributed by atoms with Crippen LogP contribution in [0.3, 0.4) is 0 Å². The lowest BCUT2D eigenvalue weighted by atomic mass is 9.98. The minimum absolute atomic E-state index is 0.242. The number of nitrogens with zero attached hydrogens (tertiary/aromatic N) is 1. The number of rotatable bonds is 1. The van der Waals surface area contributed by atoms with Crippen LogP contribution in [0.1, 0.15) is 32.6 Å². The molecule has 0 aromatic carbocycles. The summed E-state index contributed by atoms with van der Waals surface area (Å²) in [6.45, 7) is 1.86. The van der Waals surface area contributed by atoms with Crippen molar-refractivity contribution in [1.29, 1.82) is 0 Å². The molecule has 0 N–H and O–H groups in total. The van der Waals surface area contributed by atoms with Gasteiger partial charge >= 0.3 is 0 Å². The molecule has 1 rings (SSSR count). The van der Waals surface area contributed by atoms with Gasteiger partial charge in [-0.25, -0.2) is 0 Å². The van der Waals surface area contributed by atoms with E-state index in [0.717, 1.165) is 24.8 Å². The first-order valence-corrected chi connectivity index (χ1v) is 3.55. The highest BCUT2D eigenvalue weighted by Gasteiger charge is 2.18. The Labute approximate surface area is 59.9 Å². The monoisotopic (exact) mass is 141 g/mol. The zero-order valence-corrected chi connectivity index (χ0v) is 6.09. The number of hydrogen-bond acceptors (Lipinski definition) is 2. The molecule has 10 heavy (non-hydrogen) atoms. The summed E-state index contributed by atoms with van der Waals surface area (Å²) in [5.41, 5.74) is 1.42. The number of allylic oxidation sites excluding steroid dienone is 2. The fraction of sp³-hybridized carbons (Fsp3) is 0.714. The molecule has 0 amide bonds. The second kappa shape index (κ2) is 2.82. The Morgan fingerprint density at radius 1 is 1.40 bits per heavy atom. The first-order valence-electron chi connectivity index (χ1n) is 3.55. The van der Waals surface area contributed by atoms with Crippen molar-refractivity contribution in [3.8, 4) is 0 Å². The number of hydrogen-bond donors (Lipinski definition) is 0. The minimum atomic E-state index is -0.242. The predicted octanol–water partition coefficient (Wildman–Crippen LogP) is 2.11. The van der Waals surface area contributed by atoms with Crippen molar-refractivity contribution < 1.29 is 4.92 Å². The molecule has 1 aliphatic carbocycles. The molecule has 3 heteroatoms. The molecule has 56 valence electrons. The van der Waals surface area contributed by atoms with Gasteiger partial charge in [-0.05, 0) is 31.8 Å². The summed E-state index contributed by atoms with van der Waals surface area (Å²) in [7, 11) is 0. The van der Waals surface area contributed by atoms with Crippen LogP contribution in [0, 0.1) is 10.1 Å². The molecule has 0 saturated carbocycles. The molecule has 0 aromatic heterocycles. The van der Waals surface area contributed by atoms with Gasteiger partial charge in [0.1, 0.15) is 0 Å². The molecule has 0 atom stereocenters. The molecule has 0 fully saturated rings. The van der Waals surface area contributed by atoms with E-state index in [1.165, 1.54) is 0 Å². The van der Waals surface area contributed by atoms with E-state index in [1.54, 1.807) is 0 Å². The fourth-order valence-corrected chi connectivity index (χ4v) is 1.29. The highest BCUT2D eigenvalue weighted by Crippen LogP contribution is 2.23. The Morgan fingerprint density at radius 2 is 2.00 bits per heavy atom. The van der Waals surface area contributed by atoms with Gasteiger partial charge in [0, 0.05) is 6.42 Å². The van der Waals surface area contributed by atoms with Gasteiger partial charge in [-0.3, -0.25) is 10.1 Å². The quantitative estimate of drug-likeness (QED) is 0.414. The first-order chi connectivity index (χ1) is 4.72. The summed E-state index contributed by atoms with van der Waals surface area (Å²) in [5, 5.41) is 10.3. The zero-order chi connectivity index (χ0) is 7.56. The van der Waals surface area contributed by atoms with Crippen molar-refractivity contribution in [2.45, 2.75) is 32.6 Å². The topological polar surface area (TPSA) is 43.1 Å². The van der Waals surface area contributed by atoms with E-state index in [2.05, 4.69) is 0 Å². The van der Waals surface area contributed by atoms with Gasteiger partial charge in [0.25, 0.3) is 0 Å². The van der Waals surface area contributed by atoms with E-state index in [9.17, 15) is 10.1 Å². The van der Waals surface area contributed by atoms with Crippen LogP contribution < -0.4 is 0 Å². The molecule has 0 radical (unpaired) electrons. The molecule has 0 spiro atoms. The van der Waals surface area contributed by atoms with Crippen LogP contribution in [0.2, 0.25) is 0 Å². The predicted molar refractivity (Wildman–Crippen MR) is 38.2 cm³/mol. The highest BCUT2D eigenvalue weighted by atomic mass is 16.6. The molecule has 0 heterocycles. The van der Waals surface area contributed by atoms with E-state index in [-0.39, 0.29) is 4.92 Å². The van der Waals surface area contributed by atoms with Crippen LogP contribution >= 0.6 is 0 Å². The molecule has 0 aromatic rings. The Kier molecular flexibility index (Phi) is 2.04. The lowest BCUT2D eigenvalue weighted by molar-refractivity contribution is -0.430. The zero-order valence-electron chi connectivity index (χ0n) is 6.09. The Balaban J connectivity index is 2.78. The lowest BCUT2D eigenvalue weighted by Crippen LogP contribution is -2.05. The lowest BCUT2D eigenvalue weighted by Gasteiger charge is -2.09. The summed E-state index contributed by atoms with van der Waals surface area (Å²) >= 11 is 0. The van der Waals surface area contributed by atoms with E-state index in [1.807, 2.05) is 6.92 Å². The van der Waals surface area contributed by atoms with E-state index in [4.69, 9.17) is 0 Å². The van der Waals surface area contributed by atoms with Crippen molar-refractivity contribution in [2.24, 2.45) is 0 Å². The maximum absolute atomic E-state index is 10.3. The molecule has 3 nitrogen and oxygen atoms in total. The SMILES string of the molecule is CC1=C([N+](=O)[O-])CCCC1. The minimum Gasteiger partial charge on any atom is -0.259 e. The van der Waals surface area contributed by atoms with Crippen molar-refractivity contribution in [3.63, 3.8) is 0 Å². The average molecular weight is 141 g/mol. The third-order valence-corrected chi connectivity index (χ3v) is 1.93. The van der Waals surface area contributed by atoms with Gasteiger partial charge in [0.05, 0.1) is 4.92 Å². The van der Waals surface area contributed by atoms with Gasteiger partial charge < -0.3 is 0 Å². The third-order valence-electron chi connectivity index (χ3n) is 1.93. The van der Waals surface area contributed by atoms with Gasteiger partial charge in [0.2, 0.25) is 5.70 Å². The van der Waals surface area contributed by atoms with Crippen LogP contribution in [0.15, 0.2) is 11.3 Å². The average Bonchev–Trinajstić information content (AvgIpc) is 1.88. The van der Waals surface area contributed by atoms with Crippen LogP contribution in [-0.2, 0) is 0 Å². The van der Waals surface area contributed by atoms with Crippen LogP contribution in [0.5, 0.6) is 0 Å². The molecule has 0 unspecified atom stereocenters. The van der Waals surface area contributed by atoms with Crippen molar-refractivity contribution in [2.75, 3.05) is 0 Å². The molecule has 0 aliphatic heterocycles. The molecular weight excluding hydrogens is 130 g/mol. The van der Waals surface area contributed by atoms with Gasteiger partial charge in [0.15, 0.2) is 0 Å². The normalized spacial score (nSPS) is 19.3. The van der Waals surface area contributed by atoms with E-state index >= 15 is 0 Å². The van der Waals surface area contributed by atoms with Gasteiger partial charge in [-0.15, -0.1) is 0 Å². The van der Waals surface area contributed by atoms with E-state index in [0.29, 0.717) is 12.1 Å². The van der Waals surface area contributed by atoms with Gasteiger partial charge in [-0.2, -0.15) is 0 Å². The molecule has 0 bridgehead atoms. The van der Waals surface area contributed by atoms with Crippen molar-refractivity contribution in [1.82, 2.24) is 0 Å². The largest absolute Gasteiger partial charge is 0.259 e. The standard InChI is InChI=1S/C7H11NO2/c1-6-4-2-3-5-7(6)8(9)10/h2-5H2,1H3. The summed E-state index contributed by atoms with van der Waals surface area (Å²) < 4.78 is 0. The maximum Gasteiger partial charge on any atom is 0.245 e. The molecule has 1 aliphatic rings. The van der Waals surface area contributed by atoms with Crippen LogP contribution in [-0.4, -0.2) is 4.92 Å². The van der Waals surface area contributed by atoms with Crippen LogP contribution in [0.4, 0.5) is 0 Å². The maximum atomic E-state index is 10.3. The summed E-state index contributed by atoms with van der Waals surface area (Å²) in [5.74, 6) is 0. The van der Waals surface area contributed by atoms with Crippen LogP contribution in [0.25, 0.3) is 0 Å². The second-order valence-electron chi connectivity index (χ2n) is 2.69. The second-order valence-corrected chi connectivity index (χ2v) is 2.69. The Hall–Kier alpha value is -0.860. The van der Waals surface area contributed by atoms with E-state index < -0.39 is 0 Å². The van der Waals surface area contributed by atoms with Gasteiger partial charge in [-0.1, -0.05) is 0 Å². The fourth-order valence-electron chi connectivity index (χ4n) is 1.29. The summed E-state index contributed by atoms with van der Waals surface area (Å²) in [6.07, 6.45) is 3.67. The number of nitro groups is 1. The van der Waals surface area contributed by atoms with Crippen molar-refractivity contribution >= 4 is 0 Å². The third kappa shape index (κ3) is 1.35. The molecular formula is C7H11NO2. The highest BCUT2D eigenvalue weighted by molar-refractivity contribution is 5.07. The first kappa shape index (κ1) is 7.25. The Morgan fingerprint density at radius 3 is 2.40 bits per heavy atom. The summed E-state index contributed by atoms with van der Waals surface area (Å²) in [6, 6.07) is 0. The smallest absolute Gasteiger partial charge is 0.245 e. The van der Waals surface area contributed by atoms with Crippen molar-refractivity contribution in [3.05, 3.63) is 21.4 Å².